The summed E-state index contributed by atoms with van der Waals surface area (Å²) in [6, 6.07) is 13.2. The average Bonchev–Trinajstić information content (AvgIpc) is 3.32. The number of carbonyl (C=O) groups is 2. The van der Waals surface area contributed by atoms with E-state index in [2.05, 4.69) is 15.7 Å². The maximum absolute atomic E-state index is 13.2. The van der Waals surface area contributed by atoms with Crippen LogP contribution in [0.25, 0.3) is 10.2 Å². The first kappa shape index (κ1) is 20.2. The fraction of sp³-hybridized carbons (Fsp3) is 0.174. The standard InChI is InChI=1S/C23H19FN4O3S/c1-12-17-10-20(32-23(17)28(27-12)11-14-3-5-15(24)6-4-14)22(30)25-16-7-8-19-18(9-16)26-21(29)13(2)31-19/h3-10,13H,11H2,1-2H3,(H,25,30)(H,26,29). The number of nitrogens with one attached hydrogen (secondary N) is 2. The van der Waals surface area contributed by atoms with Crippen molar-refractivity contribution in [1.82, 2.24) is 9.78 Å². The number of benzene rings is 2. The van der Waals surface area contributed by atoms with Gasteiger partial charge in [0.25, 0.3) is 11.8 Å². The summed E-state index contributed by atoms with van der Waals surface area (Å²) in [5, 5.41) is 11.1. The molecule has 2 N–H and O–H groups in total. The molecule has 0 bridgehead atoms. The molecule has 0 fully saturated rings. The van der Waals surface area contributed by atoms with E-state index < -0.39 is 6.10 Å². The van der Waals surface area contributed by atoms with E-state index in [1.165, 1.54) is 23.5 Å². The molecule has 4 aromatic rings. The number of aromatic nitrogens is 2. The van der Waals surface area contributed by atoms with Crippen molar-refractivity contribution in [2.45, 2.75) is 26.5 Å². The number of halogens is 1. The Morgan fingerprint density at radius 2 is 2.03 bits per heavy atom. The molecule has 162 valence electrons. The van der Waals surface area contributed by atoms with Crippen molar-refractivity contribution in [2.24, 2.45) is 0 Å². The van der Waals surface area contributed by atoms with Crippen LogP contribution in [-0.4, -0.2) is 27.7 Å². The molecule has 2 amide bonds. The quantitative estimate of drug-likeness (QED) is 0.477. The minimum absolute atomic E-state index is 0.230. The van der Waals surface area contributed by atoms with Gasteiger partial charge in [0.2, 0.25) is 0 Å². The van der Waals surface area contributed by atoms with Crippen LogP contribution in [0.2, 0.25) is 0 Å². The highest BCUT2D eigenvalue weighted by atomic mass is 32.1. The second kappa shape index (κ2) is 7.76. The maximum Gasteiger partial charge on any atom is 0.265 e. The van der Waals surface area contributed by atoms with Gasteiger partial charge in [0.05, 0.1) is 22.8 Å². The highest BCUT2D eigenvalue weighted by Crippen LogP contribution is 2.33. The lowest BCUT2D eigenvalue weighted by molar-refractivity contribution is -0.122. The Morgan fingerprint density at radius 1 is 1.25 bits per heavy atom. The fourth-order valence-corrected chi connectivity index (χ4v) is 4.63. The molecule has 1 aliphatic heterocycles. The van der Waals surface area contributed by atoms with E-state index in [0.717, 1.165) is 21.5 Å². The van der Waals surface area contributed by atoms with E-state index in [1.807, 2.05) is 17.7 Å². The van der Waals surface area contributed by atoms with Gasteiger partial charge in [-0.1, -0.05) is 12.1 Å². The molecule has 0 radical (unpaired) electrons. The Labute approximate surface area is 186 Å². The van der Waals surface area contributed by atoms with Gasteiger partial charge in [-0.05, 0) is 55.8 Å². The molecule has 2 aromatic carbocycles. The summed E-state index contributed by atoms with van der Waals surface area (Å²) in [4.78, 5) is 26.2. The number of amides is 2. The Balaban J connectivity index is 1.38. The number of ether oxygens (including phenoxy) is 1. The molecule has 1 unspecified atom stereocenters. The second-order valence-corrected chi connectivity index (χ2v) is 8.64. The number of nitrogens with zero attached hydrogens (tertiary/aromatic N) is 2. The number of aryl methyl sites for hydroxylation is 1. The van der Waals surface area contributed by atoms with Gasteiger partial charge in [0, 0.05) is 11.1 Å². The van der Waals surface area contributed by atoms with E-state index in [0.29, 0.717) is 28.5 Å². The maximum atomic E-state index is 13.2. The Hall–Kier alpha value is -3.72. The lowest BCUT2D eigenvalue weighted by Crippen LogP contribution is -2.34. The number of carbonyl (C=O) groups excluding carboxylic acids is 2. The fourth-order valence-electron chi connectivity index (χ4n) is 3.57. The molecule has 0 aliphatic carbocycles. The lowest BCUT2D eigenvalue weighted by atomic mass is 10.2. The zero-order valence-electron chi connectivity index (χ0n) is 17.3. The zero-order chi connectivity index (χ0) is 22.4. The summed E-state index contributed by atoms with van der Waals surface area (Å²) < 4.78 is 20.6. The topological polar surface area (TPSA) is 85.3 Å². The Morgan fingerprint density at radius 3 is 2.81 bits per heavy atom. The molecule has 0 saturated carbocycles. The van der Waals surface area contributed by atoms with Gasteiger partial charge in [0.15, 0.2) is 6.10 Å². The highest BCUT2D eigenvalue weighted by molar-refractivity contribution is 7.20. The zero-order valence-corrected chi connectivity index (χ0v) is 18.1. The molecule has 0 saturated heterocycles. The smallest absolute Gasteiger partial charge is 0.265 e. The van der Waals surface area contributed by atoms with Crippen LogP contribution in [0, 0.1) is 12.7 Å². The summed E-state index contributed by atoms with van der Waals surface area (Å²) in [6.07, 6.45) is -0.556. The van der Waals surface area contributed by atoms with Crippen molar-refractivity contribution in [3.8, 4) is 5.75 Å². The van der Waals surface area contributed by atoms with E-state index >= 15 is 0 Å². The van der Waals surface area contributed by atoms with Crippen molar-refractivity contribution in [2.75, 3.05) is 10.6 Å². The summed E-state index contributed by atoms with van der Waals surface area (Å²) in [7, 11) is 0. The van der Waals surface area contributed by atoms with Crippen molar-refractivity contribution in [3.63, 3.8) is 0 Å². The van der Waals surface area contributed by atoms with E-state index in [4.69, 9.17) is 4.74 Å². The Kier molecular flexibility index (Phi) is 4.90. The number of hydrogen-bond acceptors (Lipinski definition) is 5. The number of hydrogen-bond donors (Lipinski definition) is 2. The van der Waals surface area contributed by atoms with E-state index in [1.54, 1.807) is 37.3 Å². The van der Waals surface area contributed by atoms with Crippen LogP contribution in [-0.2, 0) is 11.3 Å². The number of rotatable bonds is 4. The minimum atomic E-state index is -0.556. The van der Waals surface area contributed by atoms with Crippen LogP contribution >= 0.6 is 11.3 Å². The highest BCUT2D eigenvalue weighted by Gasteiger charge is 2.24. The second-order valence-electron chi connectivity index (χ2n) is 7.61. The average molecular weight is 450 g/mol. The molecule has 32 heavy (non-hydrogen) atoms. The van der Waals surface area contributed by atoms with Crippen molar-refractivity contribution in [1.29, 1.82) is 0 Å². The van der Waals surface area contributed by atoms with Crippen molar-refractivity contribution < 1.29 is 18.7 Å². The first-order chi connectivity index (χ1) is 15.4. The van der Waals surface area contributed by atoms with Gasteiger partial charge in [-0.15, -0.1) is 11.3 Å². The van der Waals surface area contributed by atoms with E-state index in [9.17, 15) is 14.0 Å². The van der Waals surface area contributed by atoms with Gasteiger partial charge < -0.3 is 15.4 Å². The van der Waals surface area contributed by atoms with Crippen LogP contribution in [0.5, 0.6) is 5.75 Å². The summed E-state index contributed by atoms with van der Waals surface area (Å²) >= 11 is 1.34. The lowest BCUT2D eigenvalue weighted by Gasteiger charge is -2.23. The molecule has 2 aromatic heterocycles. The molecule has 1 aliphatic rings. The molecule has 3 heterocycles. The van der Waals surface area contributed by atoms with Crippen LogP contribution in [0.1, 0.15) is 27.9 Å². The SMILES string of the molecule is Cc1nn(Cc2ccc(F)cc2)c2sc(C(=O)Nc3ccc4c(c3)NC(=O)C(C)O4)cc12. The largest absolute Gasteiger partial charge is 0.479 e. The third-order valence-electron chi connectivity index (χ3n) is 5.25. The molecule has 7 nitrogen and oxygen atoms in total. The van der Waals surface area contributed by atoms with E-state index in [-0.39, 0.29) is 17.6 Å². The predicted octanol–water partition coefficient (Wildman–Crippen LogP) is 4.57. The van der Waals surface area contributed by atoms with Crippen LogP contribution in [0.4, 0.5) is 15.8 Å². The van der Waals surface area contributed by atoms with Crippen molar-refractivity contribution >= 4 is 44.7 Å². The molecule has 5 rings (SSSR count). The molecular weight excluding hydrogens is 431 g/mol. The summed E-state index contributed by atoms with van der Waals surface area (Å²) in [5.74, 6) is -0.205. The number of thiophene rings is 1. The van der Waals surface area contributed by atoms with Gasteiger partial charge >= 0.3 is 0 Å². The van der Waals surface area contributed by atoms with Gasteiger partial charge in [-0.3, -0.25) is 14.3 Å². The first-order valence-corrected chi connectivity index (χ1v) is 10.8. The van der Waals surface area contributed by atoms with Gasteiger partial charge in [-0.2, -0.15) is 5.10 Å². The normalized spacial score (nSPS) is 15.2. The summed E-state index contributed by atoms with van der Waals surface area (Å²) in [5.41, 5.74) is 2.81. The third-order valence-corrected chi connectivity index (χ3v) is 6.39. The molecule has 0 spiro atoms. The van der Waals surface area contributed by atoms with Crippen LogP contribution in [0.3, 0.4) is 0 Å². The molecule has 1 atom stereocenters. The van der Waals surface area contributed by atoms with Gasteiger partial charge in [0.1, 0.15) is 16.4 Å². The van der Waals surface area contributed by atoms with Crippen LogP contribution in [0.15, 0.2) is 48.5 Å². The number of anilines is 2. The monoisotopic (exact) mass is 450 g/mol. The van der Waals surface area contributed by atoms with Crippen molar-refractivity contribution in [3.05, 3.63) is 70.5 Å². The number of fused-ring (bicyclic) bond motifs is 2. The summed E-state index contributed by atoms with van der Waals surface area (Å²) in [6.45, 7) is 4.05. The van der Waals surface area contributed by atoms with Crippen LogP contribution < -0.4 is 15.4 Å². The first-order valence-electron chi connectivity index (χ1n) is 10.0. The predicted molar refractivity (Wildman–Crippen MR) is 121 cm³/mol. The molecule has 9 heteroatoms. The Bertz CT molecular complexity index is 1360. The minimum Gasteiger partial charge on any atom is -0.479 e. The third kappa shape index (κ3) is 3.71. The van der Waals surface area contributed by atoms with Gasteiger partial charge in [-0.25, -0.2) is 4.39 Å². The molecular formula is C23H19FN4O3S.